The summed E-state index contributed by atoms with van der Waals surface area (Å²) in [5, 5.41) is 14.1. The van der Waals surface area contributed by atoms with Gasteiger partial charge in [-0.2, -0.15) is 0 Å². The van der Waals surface area contributed by atoms with Crippen LogP contribution >= 0.6 is 11.8 Å². The third-order valence-electron chi connectivity index (χ3n) is 7.36. The number of para-hydroxylation sites is 1. The number of carbonyl (C=O) groups excluding carboxylic acids is 3. The van der Waals surface area contributed by atoms with E-state index in [1.165, 1.54) is 19.1 Å². The van der Waals surface area contributed by atoms with Crippen molar-refractivity contribution in [2.45, 2.75) is 25.8 Å². The first-order chi connectivity index (χ1) is 20.8. The topological polar surface area (TPSA) is 116 Å². The Hall–Kier alpha value is -4.38. The maximum absolute atomic E-state index is 13.9. The molecule has 0 bridgehead atoms. The van der Waals surface area contributed by atoms with Crippen LogP contribution in [0.2, 0.25) is 0 Å². The predicted molar refractivity (Wildman–Crippen MR) is 169 cm³/mol. The largest absolute Gasteiger partial charge is 0.368 e. The van der Waals surface area contributed by atoms with E-state index in [0.29, 0.717) is 57.0 Å². The van der Waals surface area contributed by atoms with Gasteiger partial charge in [-0.3, -0.25) is 19.7 Å². The summed E-state index contributed by atoms with van der Waals surface area (Å²) in [6, 6.07) is 24.7. The number of benzene rings is 3. The fourth-order valence-corrected chi connectivity index (χ4v) is 5.60. The van der Waals surface area contributed by atoms with Gasteiger partial charge in [-0.15, -0.1) is 0 Å². The summed E-state index contributed by atoms with van der Waals surface area (Å²) in [4.78, 5) is 55.4. The minimum Gasteiger partial charge on any atom is -0.368 e. The minimum absolute atomic E-state index is 0.0238. The zero-order valence-electron chi connectivity index (χ0n) is 24.3. The van der Waals surface area contributed by atoms with Gasteiger partial charge in [-0.1, -0.05) is 72.4 Å². The average molecular weight is 604 g/mol. The molecule has 43 heavy (non-hydrogen) atoms. The zero-order chi connectivity index (χ0) is 30.6. The van der Waals surface area contributed by atoms with Crippen molar-refractivity contribution in [1.82, 2.24) is 15.1 Å². The van der Waals surface area contributed by atoms with Gasteiger partial charge in [-0.05, 0) is 29.7 Å². The van der Waals surface area contributed by atoms with Crippen LogP contribution in [0.25, 0.3) is 0 Å². The highest BCUT2D eigenvalue weighted by atomic mass is 32.2. The summed E-state index contributed by atoms with van der Waals surface area (Å²) in [6.45, 7) is 4.61. The molecule has 1 aliphatic rings. The van der Waals surface area contributed by atoms with Gasteiger partial charge in [0.1, 0.15) is 6.04 Å². The van der Waals surface area contributed by atoms with Crippen molar-refractivity contribution in [3.63, 3.8) is 0 Å². The van der Waals surface area contributed by atoms with E-state index in [0.717, 1.165) is 23.0 Å². The van der Waals surface area contributed by atoms with Crippen molar-refractivity contribution in [3.8, 4) is 0 Å². The SMILES string of the molecule is CC(=O)SCCN(CCc1ccccc1)C(=O)N[C@@H](Cc1ccc([N+](=O)[O-])cc1)C(=O)N1CCN(c2ccccc2)CC1. The number of hydrogen-bond donors (Lipinski definition) is 1. The van der Waals surface area contributed by atoms with E-state index in [1.807, 2.05) is 60.7 Å². The molecule has 0 aliphatic carbocycles. The van der Waals surface area contributed by atoms with Gasteiger partial charge in [0.15, 0.2) is 5.12 Å². The molecule has 3 aromatic carbocycles. The van der Waals surface area contributed by atoms with E-state index >= 15 is 0 Å². The molecule has 226 valence electrons. The fraction of sp³-hybridized carbons (Fsp3) is 0.344. The number of amides is 3. The number of nitro benzene ring substituents is 1. The molecule has 1 aliphatic heterocycles. The van der Waals surface area contributed by atoms with Crippen molar-refractivity contribution in [1.29, 1.82) is 0 Å². The molecule has 1 N–H and O–H groups in total. The van der Waals surface area contributed by atoms with Crippen LogP contribution in [0.4, 0.5) is 16.2 Å². The Kier molecular flexibility index (Phi) is 11.5. The summed E-state index contributed by atoms with van der Waals surface area (Å²) in [5.41, 5.74) is 2.84. The fourth-order valence-electron chi connectivity index (χ4n) is 5.00. The second-order valence-corrected chi connectivity index (χ2v) is 11.6. The molecule has 11 heteroatoms. The van der Waals surface area contributed by atoms with Crippen LogP contribution in [0.15, 0.2) is 84.9 Å². The van der Waals surface area contributed by atoms with Gasteiger partial charge in [0.25, 0.3) is 5.69 Å². The summed E-state index contributed by atoms with van der Waals surface area (Å²) < 4.78 is 0. The van der Waals surface area contributed by atoms with Gasteiger partial charge in [-0.25, -0.2) is 4.79 Å². The first-order valence-electron chi connectivity index (χ1n) is 14.3. The van der Waals surface area contributed by atoms with Gasteiger partial charge in [0, 0.05) is 76.2 Å². The molecule has 1 fully saturated rings. The quantitative estimate of drug-likeness (QED) is 0.241. The number of hydrogen-bond acceptors (Lipinski definition) is 7. The second kappa shape index (κ2) is 15.7. The molecule has 0 spiro atoms. The molecule has 3 aromatic rings. The molecule has 4 rings (SSSR count). The maximum atomic E-state index is 13.9. The normalized spacial score (nSPS) is 13.7. The van der Waals surface area contributed by atoms with E-state index < -0.39 is 11.0 Å². The van der Waals surface area contributed by atoms with Crippen molar-refractivity contribution < 1.29 is 19.3 Å². The lowest BCUT2D eigenvalue weighted by atomic mass is 10.0. The van der Waals surface area contributed by atoms with Gasteiger partial charge in [0.2, 0.25) is 5.91 Å². The van der Waals surface area contributed by atoms with Crippen LogP contribution in [0.1, 0.15) is 18.1 Å². The number of urea groups is 1. The summed E-state index contributed by atoms with van der Waals surface area (Å²) in [5.74, 6) is 0.250. The molecular weight excluding hydrogens is 566 g/mol. The molecule has 3 amide bonds. The Balaban J connectivity index is 1.48. The molecule has 1 atom stereocenters. The van der Waals surface area contributed by atoms with Crippen LogP contribution in [0.5, 0.6) is 0 Å². The number of anilines is 1. The maximum Gasteiger partial charge on any atom is 0.318 e. The zero-order valence-corrected chi connectivity index (χ0v) is 25.1. The number of non-ortho nitro benzene ring substituents is 1. The number of piperazine rings is 1. The van der Waals surface area contributed by atoms with E-state index in [1.54, 1.807) is 21.9 Å². The smallest absolute Gasteiger partial charge is 0.318 e. The van der Waals surface area contributed by atoms with Gasteiger partial charge in [0.05, 0.1) is 4.92 Å². The molecule has 1 heterocycles. The number of nitro groups is 1. The van der Waals surface area contributed by atoms with Gasteiger partial charge < -0.3 is 20.0 Å². The molecule has 0 unspecified atom stereocenters. The number of nitrogens with zero attached hydrogens (tertiary/aromatic N) is 4. The average Bonchev–Trinajstić information content (AvgIpc) is 3.03. The lowest BCUT2D eigenvalue weighted by molar-refractivity contribution is -0.384. The van der Waals surface area contributed by atoms with E-state index in [4.69, 9.17) is 0 Å². The predicted octanol–water partition coefficient (Wildman–Crippen LogP) is 4.39. The highest BCUT2D eigenvalue weighted by molar-refractivity contribution is 8.13. The molecule has 0 aromatic heterocycles. The van der Waals surface area contributed by atoms with Crippen LogP contribution in [0.3, 0.4) is 0 Å². The third-order valence-corrected chi connectivity index (χ3v) is 8.16. The first kappa shape index (κ1) is 31.6. The van der Waals surface area contributed by atoms with Crippen molar-refractivity contribution in [3.05, 3.63) is 106 Å². The molecule has 0 radical (unpaired) electrons. The summed E-state index contributed by atoms with van der Waals surface area (Å²) in [7, 11) is 0. The summed E-state index contributed by atoms with van der Waals surface area (Å²) in [6.07, 6.45) is 0.817. The number of nitrogens with one attached hydrogen (secondary N) is 1. The lowest BCUT2D eigenvalue weighted by Gasteiger charge is -2.38. The van der Waals surface area contributed by atoms with Crippen LogP contribution in [0, 0.1) is 10.1 Å². The number of rotatable bonds is 12. The highest BCUT2D eigenvalue weighted by Crippen LogP contribution is 2.18. The first-order valence-corrected chi connectivity index (χ1v) is 15.3. The van der Waals surface area contributed by atoms with Crippen molar-refractivity contribution in [2.75, 3.05) is 49.9 Å². The molecule has 0 saturated carbocycles. The Morgan fingerprint density at radius 2 is 1.51 bits per heavy atom. The lowest BCUT2D eigenvalue weighted by Crippen LogP contribution is -2.57. The molecule has 10 nitrogen and oxygen atoms in total. The number of thioether (sulfide) groups is 1. The standard InChI is InChI=1S/C32H37N5O5S/c1-25(38)43-23-22-36(17-16-26-8-4-2-5-9-26)32(40)33-30(24-27-12-14-29(15-13-27)37(41)42)31(39)35-20-18-34(19-21-35)28-10-6-3-7-11-28/h2-15,30H,16-24H2,1H3,(H,33,40)/t30-/m0/s1. The summed E-state index contributed by atoms with van der Waals surface area (Å²) >= 11 is 1.16. The van der Waals surface area contributed by atoms with Crippen LogP contribution in [-0.4, -0.2) is 82.8 Å². The second-order valence-electron chi connectivity index (χ2n) is 10.3. The van der Waals surface area contributed by atoms with E-state index in [2.05, 4.69) is 10.2 Å². The van der Waals surface area contributed by atoms with Gasteiger partial charge >= 0.3 is 6.03 Å². The van der Waals surface area contributed by atoms with Crippen molar-refractivity contribution >= 4 is 40.2 Å². The monoisotopic (exact) mass is 603 g/mol. The minimum atomic E-state index is -0.864. The van der Waals surface area contributed by atoms with Crippen LogP contribution < -0.4 is 10.2 Å². The molecular formula is C32H37N5O5S. The molecule has 1 saturated heterocycles. The highest BCUT2D eigenvalue weighted by Gasteiger charge is 2.30. The van der Waals surface area contributed by atoms with Crippen molar-refractivity contribution in [2.24, 2.45) is 0 Å². The van der Waals surface area contributed by atoms with E-state index in [9.17, 15) is 24.5 Å². The van der Waals surface area contributed by atoms with Crippen LogP contribution in [-0.2, 0) is 22.4 Å². The Bertz CT molecular complexity index is 1370. The Morgan fingerprint density at radius 3 is 2.12 bits per heavy atom. The third kappa shape index (κ3) is 9.57. The van der Waals surface area contributed by atoms with E-state index in [-0.39, 0.29) is 29.2 Å². The Morgan fingerprint density at radius 1 is 0.884 bits per heavy atom. The Labute approximate surface area is 256 Å². The number of carbonyl (C=O) groups is 3.